The van der Waals surface area contributed by atoms with Crippen LogP contribution >= 0.6 is 0 Å². The highest BCUT2D eigenvalue weighted by Gasteiger charge is 2.53. The first kappa shape index (κ1) is 4.13. The molecule has 0 N–H and O–H groups in total. The Bertz CT molecular complexity index is 153. The molecule has 0 amide bonds. The molecule has 2 aliphatic rings. The van der Waals surface area contributed by atoms with E-state index in [-0.39, 0.29) is 11.9 Å². The third-order valence-electron chi connectivity index (χ3n) is 1.74. The number of carbonyl (C=O) groups is 1. The summed E-state index contributed by atoms with van der Waals surface area (Å²) in [6.07, 6.45) is 0.984. The topological polar surface area (TPSA) is 26.3 Å². The van der Waals surface area contributed by atoms with Crippen molar-refractivity contribution in [1.29, 1.82) is 0 Å². The normalized spacial score (nSPS) is 41.5. The van der Waals surface area contributed by atoms with Gasteiger partial charge < -0.3 is 4.74 Å². The first-order valence-corrected chi connectivity index (χ1v) is 2.69. The van der Waals surface area contributed by atoms with E-state index in [1.807, 2.05) is 0 Å². The Hall–Kier alpha value is -0.790. The Balaban J connectivity index is 2.31. The summed E-state index contributed by atoms with van der Waals surface area (Å²) in [7, 11) is 0. The zero-order valence-corrected chi connectivity index (χ0v) is 4.39. The number of hydrogen-bond donors (Lipinski definition) is 0. The Morgan fingerprint density at radius 1 is 1.62 bits per heavy atom. The van der Waals surface area contributed by atoms with E-state index in [1.165, 1.54) is 0 Å². The van der Waals surface area contributed by atoms with Crippen molar-refractivity contribution in [3.8, 4) is 0 Å². The van der Waals surface area contributed by atoms with Gasteiger partial charge in [0.15, 0.2) is 0 Å². The lowest BCUT2D eigenvalue weighted by Crippen LogP contribution is -1.96. The highest BCUT2D eigenvalue weighted by atomic mass is 16.5. The summed E-state index contributed by atoms with van der Waals surface area (Å²) in [5.41, 5.74) is 0. The number of allylic oxidation sites excluding steroid dienone is 1. The predicted octanol–water partition coefficient (Wildman–Crippen LogP) is 0.693. The third kappa shape index (κ3) is 0.312. The minimum Gasteiger partial charge on any atom is -0.431 e. The molecule has 42 valence electrons. The van der Waals surface area contributed by atoms with Crippen molar-refractivity contribution in [2.75, 3.05) is 0 Å². The van der Waals surface area contributed by atoms with Gasteiger partial charge in [-0.15, -0.1) is 0 Å². The van der Waals surface area contributed by atoms with Crippen molar-refractivity contribution in [3.63, 3.8) is 0 Å². The molecule has 8 heavy (non-hydrogen) atoms. The lowest BCUT2D eigenvalue weighted by atomic mass is 10.3. The largest absolute Gasteiger partial charge is 0.431 e. The second-order valence-electron chi connectivity index (χ2n) is 2.34. The standard InChI is InChI=1S/C6H6O2/c1-3-4-2-5(4)6(7)8-3/h4-5H,1-2H2. The Morgan fingerprint density at radius 3 is 2.50 bits per heavy atom. The number of cyclic esters (lactones) is 1. The van der Waals surface area contributed by atoms with E-state index in [2.05, 4.69) is 11.3 Å². The van der Waals surface area contributed by atoms with Crippen LogP contribution in [0, 0.1) is 11.8 Å². The molecular weight excluding hydrogens is 104 g/mol. The zero-order chi connectivity index (χ0) is 5.72. The van der Waals surface area contributed by atoms with Crippen LogP contribution in [-0.2, 0) is 9.53 Å². The second-order valence-corrected chi connectivity index (χ2v) is 2.34. The second kappa shape index (κ2) is 0.966. The molecule has 0 aromatic carbocycles. The molecule has 0 bridgehead atoms. The molecule has 2 atom stereocenters. The molecule has 2 unspecified atom stereocenters. The molecular formula is C6H6O2. The molecule has 0 aromatic rings. The van der Waals surface area contributed by atoms with Gasteiger partial charge in [0, 0.05) is 5.92 Å². The number of rotatable bonds is 0. The fraction of sp³-hybridized carbons (Fsp3) is 0.500. The summed E-state index contributed by atoms with van der Waals surface area (Å²) >= 11 is 0. The van der Waals surface area contributed by atoms with Crippen molar-refractivity contribution in [2.24, 2.45) is 11.8 Å². The predicted molar refractivity (Wildman–Crippen MR) is 26.8 cm³/mol. The van der Waals surface area contributed by atoms with Crippen LogP contribution in [0.25, 0.3) is 0 Å². The van der Waals surface area contributed by atoms with Crippen LogP contribution in [0.4, 0.5) is 0 Å². The minimum absolute atomic E-state index is 0.0694. The smallest absolute Gasteiger partial charge is 0.314 e. The summed E-state index contributed by atoms with van der Waals surface area (Å²) in [6.45, 7) is 3.58. The maximum Gasteiger partial charge on any atom is 0.314 e. The Kier molecular flexibility index (Phi) is 0.498. The third-order valence-corrected chi connectivity index (χ3v) is 1.74. The van der Waals surface area contributed by atoms with E-state index < -0.39 is 0 Å². The van der Waals surface area contributed by atoms with Gasteiger partial charge in [0.1, 0.15) is 5.76 Å². The zero-order valence-electron chi connectivity index (χ0n) is 4.39. The Labute approximate surface area is 47.1 Å². The van der Waals surface area contributed by atoms with Gasteiger partial charge in [-0.1, -0.05) is 6.58 Å². The molecule has 2 heteroatoms. The van der Waals surface area contributed by atoms with Crippen LogP contribution in [0.2, 0.25) is 0 Å². The average Bonchev–Trinajstić information content (AvgIpc) is 2.35. The molecule has 1 saturated heterocycles. The van der Waals surface area contributed by atoms with E-state index in [9.17, 15) is 4.79 Å². The van der Waals surface area contributed by atoms with E-state index in [0.29, 0.717) is 11.7 Å². The lowest BCUT2D eigenvalue weighted by Gasteiger charge is -1.93. The molecule has 0 aromatic heterocycles. The lowest BCUT2D eigenvalue weighted by molar-refractivity contribution is -0.138. The van der Waals surface area contributed by atoms with Gasteiger partial charge in [-0.2, -0.15) is 0 Å². The molecule has 1 heterocycles. The van der Waals surface area contributed by atoms with Crippen molar-refractivity contribution >= 4 is 5.97 Å². The van der Waals surface area contributed by atoms with Crippen LogP contribution in [0.3, 0.4) is 0 Å². The quantitative estimate of drug-likeness (QED) is 0.429. The minimum atomic E-state index is -0.0694. The number of ether oxygens (including phenoxy) is 1. The summed E-state index contributed by atoms with van der Waals surface area (Å²) in [5, 5.41) is 0. The SMILES string of the molecule is C=C1OC(=O)C2CC12. The first-order valence-electron chi connectivity index (χ1n) is 2.69. The van der Waals surface area contributed by atoms with Crippen molar-refractivity contribution < 1.29 is 9.53 Å². The van der Waals surface area contributed by atoms with Crippen LogP contribution in [-0.4, -0.2) is 5.97 Å². The number of fused-ring (bicyclic) bond motifs is 1. The molecule has 2 fully saturated rings. The monoisotopic (exact) mass is 110 g/mol. The number of hydrogen-bond acceptors (Lipinski definition) is 2. The van der Waals surface area contributed by atoms with E-state index in [0.717, 1.165) is 6.42 Å². The molecule has 2 rings (SSSR count). The van der Waals surface area contributed by atoms with Crippen LogP contribution < -0.4 is 0 Å². The highest BCUT2D eigenvalue weighted by Crippen LogP contribution is 2.50. The number of esters is 1. The summed E-state index contributed by atoms with van der Waals surface area (Å²) in [5.74, 6) is 1.20. The average molecular weight is 110 g/mol. The first-order chi connectivity index (χ1) is 3.79. The van der Waals surface area contributed by atoms with Gasteiger partial charge >= 0.3 is 5.97 Å². The van der Waals surface area contributed by atoms with Gasteiger partial charge in [0.2, 0.25) is 0 Å². The van der Waals surface area contributed by atoms with Crippen LogP contribution in [0.5, 0.6) is 0 Å². The molecule has 1 saturated carbocycles. The fourth-order valence-corrected chi connectivity index (χ4v) is 1.09. The van der Waals surface area contributed by atoms with E-state index in [4.69, 9.17) is 0 Å². The van der Waals surface area contributed by atoms with Crippen molar-refractivity contribution in [3.05, 3.63) is 12.3 Å². The maximum atomic E-state index is 10.5. The van der Waals surface area contributed by atoms with E-state index >= 15 is 0 Å². The van der Waals surface area contributed by atoms with Gasteiger partial charge in [-0.05, 0) is 6.42 Å². The Morgan fingerprint density at radius 2 is 2.38 bits per heavy atom. The molecule has 1 aliphatic heterocycles. The molecule has 0 spiro atoms. The van der Waals surface area contributed by atoms with Crippen molar-refractivity contribution in [2.45, 2.75) is 6.42 Å². The maximum absolute atomic E-state index is 10.5. The van der Waals surface area contributed by atoms with E-state index in [1.54, 1.807) is 0 Å². The van der Waals surface area contributed by atoms with Crippen molar-refractivity contribution in [1.82, 2.24) is 0 Å². The highest BCUT2D eigenvalue weighted by molar-refractivity contribution is 5.80. The van der Waals surface area contributed by atoms with Gasteiger partial charge in [-0.3, -0.25) is 4.79 Å². The van der Waals surface area contributed by atoms with Crippen LogP contribution in [0.15, 0.2) is 12.3 Å². The van der Waals surface area contributed by atoms with Gasteiger partial charge in [-0.25, -0.2) is 0 Å². The summed E-state index contributed by atoms with van der Waals surface area (Å²) in [4.78, 5) is 10.5. The molecule has 1 aliphatic carbocycles. The summed E-state index contributed by atoms with van der Waals surface area (Å²) in [6, 6.07) is 0. The number of carbonyl (C=O) groups excluding carboxylic acids is 1. The van der Waals surface area contributed by atoms with Crippen LogP contribution in [0.1, 0.15) is 6.42 Å². The van der Waals surface area contributed by atoms with Gasteiger partial charge in [0.25, 0.3) is 0 Å². The fourth-order valence-electron chi connectivity index (χ4n) is 1.09. The summed E-state index contributed by atoms with van der Waals surface area (Å²) < 4.78 is 4.69. The van der Waals surface area contributed by atoms with Gasteiger partial charge in [0.05, 0.1) is 5.92 Å². The molecule has 2 nitrogen and oxygen atoms in total. The molecule has 0 radical (unpaired) electrons.